The first kappa shape index (κ1) is 21.8. The maximum absolute atomic E-state index is 15.1. The molecule has 27 heavy (non-hydrogen) atoms. The molecule has 0 saturated carbocycles. The largest absolute Gasteiger partial charge is 0.460 e. The van der Waals surface area contributed by atoms with Crippen LogP contribution in [0.4, 0.5) is 8.78 Å². The predicted molar refractivity (Wildman–Crippen MR) is 97.9 cm³/mol. The average Bonchev–Trinajstić information content (AvgIpc) is 2.61. The molecule has 0 N–H and O–H groups in total. The number of hydrogen-bond donors (Lipinski definition) is 0. The molecule has 0 spiro atoms. The Morgan fingerprint density at radius 1 is 1.19 bits per heavy atom. The van der Waals surface area contributed by atoms with E-state index < -0.39 is 24.8 Å². The fraction of sp³-hybridized carbons (Fsp3) is 0.438. The van der Waals surface area contributed by atoms with Crippen LogP contribution < -0.4 is 0 Å². The Bertz CT molecular complexity index is 886. The van der Waals surface area contributed by atoms with Crippen LogP contribution in [0, 0.1) is 0 Å². The number of halogens is 3. The summed E-state index contributed by atoms with van der Waals surface area (Å²) in [6.07, 6.45) is 1.31. The molecule has 7 nitrogen and oxygen atoms in total. The zero-order valence-electron chi connectivity index (χ0n) is 14.9. The lowest BCUT2D eigenvalue weighted by Crippen LogP contribution is -2.19. The van der Waals surface area contributed by atoms with Crippen molar-refractivity contribution < 1.29 is 31.9 Å². The summed E-state index contributed by atoms with van der Waals surface area (Å²) in [5.41, 5.74) is -4.51. The lowest BCUT2D eigenvalue weighted by Gasteiger charge is -2.26. The zero-order valence-corrected chi connectivity index (χ0v) is 17.4. The van der Waals surface area contributed by atoms with E-state index in [4.69, 9.17) is 13.8 Å². The van der Waals surface area contributed by atoms with Crippen LogP contribution >= 0.6 is 23.5 Å². The fourth-order valence-corrected chi connectivity index (χ4v) is 4.58. The first-order valence-electron chi connectivity index (χ1n) is 8.11. The molecular formula is C16H18BrF2N2O5P. The van der Waals surface area contributed by atoms with Crippen molar-refractivity contribution >= 4 is 40.4 Å². The van der Waals surface area contributed by atoms with Gasteiger partial charge < -0.3 is 13.8 Å². The van der Waals surface area contributed by atoms with Crippen LogP contribution in [0.3, 0.4) is 0 Å². The number of ether oxygens (including phenoxy) is 1. The smallest absolute Gasteiger partial charge is 0.404 e. The number of carbonyl (C=O) groups is 1. The van der Waals surface area contributed by atoms with Gasteiger partial charge in [0, 0.05) is 21.6 Å². The number of nitrogens with zero attached hydrogens (tertiary/aromatic N) is 2. The zero-order chi connectivity index (χ0) is 20.2. The van der Waals surface area contributed by atoms with Crippen LogP contribution in [0.15, 0.2) is 22.8 Å². The van der Waals surface area contributed by atoms with E-state index in [9.17, 15) is 9.36 Å². The van der Waals surface area contributed by atoms with Gasteiger partial charge in [0.1, 0.15) is 0 Å². The van der Waals surface area contributed by atoms with E-state index in [1.54, 1.807) is 6.92 Å². The standard InChI is InChI=1S/C16H18BrF2N2O5P/c1-4-24-15(22)14-20-9-10-7-12(17)11(8-13(10)21-14)16(18,19)27(23,25-5-2)26-6-3/h7-9H,4-6H2,1-3H3. The number of esters is 1. The van der Waals surface area contributed by atoms with Crippen LogP contribution in [0.25, 0.3) is 10.9 Å². The molecular weight excluding hydrogens is 449 g/mol. The molecule has 0 fully saturated rings. The summed E-state index contributed by atoms with van der Waals surface area (Å²) in [5.74, 6) is -1.04. The number of benzene rings is 1. The predicted octanol–water partition coefficient (Wildman–Crippen LogP) is 4.88. The number of carbonyl (C=O) groups excluding carboxylic acids is 1. The maximum atomic E-state index is 15.1. The molecule has 2 aromatic rings. The molecule has 0 radical (unpaired) electrons. The third-order valence-corrected chi connectivity index (χ3v) is 6.17. The van der Waals surface area contributed by atoms with Gasteiger partial charge in [0.25, 0.3) is 0 Å². The van der Waals surface area contributed by atoms with E-state index >= 15 is 8.78 Å². The molecule has 1 aromatic carbocycles. The number of hydrogen-bond acceptors (Lipinski definition) is 7. The van der Waals surface area contributed by atoms with Gasteiger partial charge in [0.15, 0.2) is 0 Å². The molecule has 0 saturated heterocycles. The SMILES string of the molecule is CCOC(=O)c1ncc2cc(Br)c(C(F)(F)P(=O)(OCC)OCC)cc2n1. The number of alkyl halides is 2. The van der Waals surface area contributed by atoms with Crippen molar-refractivity contribution in [3.05, 3.63) is 34.2 Å². The normalized spacial score (nSPS) is 12.4. The first-order chi connectivity index (χ1) is 12.7. The summed E-state index contributed by atoms with van der Waals surface area (Å²) in [6, 6.07) is 2.37. The van der Waals surface area contributed by atoms with Crippen molar-refractivity contribution in [1.82, 2.24) is 9.97 Å². The number of fused-ring (bicyclic) bond motifs is 1. The van der Waals surface area contributed by atoms with Crippen molar-refractivity contribution in [2.75, 3.05) is 19.8 Å². The minimum Gasteiger partial charge on any atom is -0.460 e. The van der Waals surface area contributed by atoms with Crippen LogP contribution in [0.2, 0.25) is 0 Å². The summed E-state index contributed by atoms with van der Waals surface area (Å²) < 4.78 is 57.2. The minimum atomic E-state index is -4.79. The summed E-state index contributed by atoms with van der Waals surface area (Å²) in [5, 5.41) is 0.400. The third kappa shape index (κ3) is 4.34. The molecule has 0 aliphatic heterocycles. The highest BCUT2D eigenvalue weighted by molar-refractivity contribution is 9.10. The van der Waals surface area contributed by atoms with Gasteiger partial charge in [-0.3, -0.25) is 4.57 Å². The Kier molecular flexibility index (Phi) is 7.02. The van der Waals surface area contributed by atoms with Gasteiger partial charge in [0.05, 0.1) is 25.3 Å². The Morgan fingerprint density at radius 3 is 2.37 bits per heavy atom. The number of rotatable bonds is 8. The molecule has 1 heterocycles. The fourth-order valence-electron chi connectivity index (χ4n) is 2.26. The van der Waals surface area contributed by atoms with E-state index in [2.05, 4.69) is 25.9 Å². The summed E-state index contributed by atoms with van der Waals surface area (Å²) in [4.78, 5) is 19.6. The molecule has 0 amide bonds. The second-order valence-corrected chi connectivity index (χ2v) is 8.11. The number of aromatic nitrogens is 2. The van der Waals surface area contributed by atoms with Crippen LogP contribution in [-0.2, 0) is 24.0 Å². The molecule has 148 valence electrons. The molecule has 0 aliphatic rings. The molecule has 0 atom stereocenters. The van der Waals surface area contributed by atoms with Gasteiger partial charge in [-0.15, -0.1) is 0 Å². The topological polar surface area (TPSA) is 87.6 Å². The van der Waals surface area contributed by atoms with Crippen LogP contribution in [0.1, 0.15) is 37.0 Å². The molecule has 11 heteroatoms. The molecule has 1 aromatic heterocycles. The van der Waals surface area contributed by atoms with Crippen molar-refractivity contribution in [2.45, 2.75) is 26.4 Å². The van der Waals surface area contributed by atoms with E-state index in [1.807, 2.05) is 0 Å². The van der Waals surface area contributed by atoms with E-state index in [0.717, 1.165) is 6.07 Å². The highest BCUT2D eigenvalue weighted by Crippen LogP contribution is 2.67. The lowest BCUT2D eigenvalue weighted by atomic mass is 10.1. The van der Waals surface area contributed by atoms with Crippen LogP contribution in [-0.4, -0.2) is 35.8 Å². The van der Waals surface area contributed by atoms with E-state index in [1.165, 1.54) is 26.1 Å². The molecule has 2 rings (SSSR count). The molecule has 0 aliphatic carbocycles. The quantitative estimate of drug-likeness (QED) is 0.404. The Morgan fingerprint density at radius 2 is 1.81 bits per heavy atom. The van der Waals surface area contributed by atoms with E-state index in [-0.39, 0.29) is 35.6 Å². The molecule has 0 bridgehead atoms. The van der Waals surface area contributed by atoms with Crippen molar-refractivity contribution in [3.63, 3.8) is 0 Å². The van der Waals surface area contributed by atoms with Gasteiger partial charge >= 0.3 is 19.2 Å². The van der Waals surface area contributed by atoms with Crippen molar-refractivity contribution in [1.29, 1.82) is 0 Å². The maximum Gasteiger partial charge on any atom is 0.404 e. The van der Waals surface area contributed by atoms with Crippen LogP contribution in [0.5, 0.6) is 0 Å². The summed E-state index contributed by atoms with van der Waals surface area (Å²) in [7, 11) is -4.79. The monoisotopic (exact) mass is 466 g/mol. The van der Waals surface area contributed by atoms with Gasteiger partial charge in [-0.1, -0.05) is 15.9 Å². The summed E-state index contributed by atoms with van der Waals surface area (Å²) >= 11 is 3.06. The average molecular weight is 467 g/mol. The minimum absolute atomic E-state index is 0.0212. The Balaban J connectivity index is 2.61. The Labute approximate surface area is 163 Å². The van der Waals surface area contributed by atoms with Crippen molar-refractivity contribution in [2.24, 2.45) is 0 Å². The van der Waals surface area contributed by atoms with Crippen molar-refractivity contribution in [3.8, 4) is 0 Å². The molecule has 0 unspecified atom stereocenters. The van der Waals surface area contributed by atoms with Gasteiger partial charge in [-0.2, -0.15) is 8.78 Å². The van der Waals surface area contributed by atoms with Gasteiger partial charge in [0.2, 0.25) is 5.82 Å². The second kappa shape index (κ2) is 8.68. The first-order valence-corrected chi connectivity index (χ1v) is 10.4. The highest BCUT2D eigenvalue weighted by atomic mass is 79.9. The van der Waals surface area contributed by atoms with Gasteiger partial charge in [-0.05, 0) is 32.9 Å². The Hall–Kier alpha value is -1.48. The third-order valence-electron chi connectivity index (χ3n) is 3.39. The van der Waals surface area contributed by atoms with Gasteiger partial charge in [-0.25, -0.2) is 14.8 Å². The highest BCUT2D eigenvalue weighted by Gasteiger charge is 2.55. The second-order valence-electron chi connectivity index (χ2n) is 5.18. The lowest BCUT2D eigenvalue weighted by molar-refractivity contribution is 0.0355. The van der Waals surface area contributed by atoms with E-state index in [0.29, 0.717) is 5.39 Å². The summed E-state index contributed by atoms with van der Waals surface area (Å²) in [6.45, 7) is 4.19.